The van der Waals surface area contributed by atoms with Crippen molar-refractivity contribution in [3.63, 3.8) is 0 Å². The zero-order valence-corrected chi connectivity index (χ0v) is 22.4. The average Bonchev–Trinajstić information content (AvgIpc) is 3.17. The molecule has 2 amide bonds. The highest BCUT2D eigenvalue weighted by Crippen LogP contribution is 2.35. The van der Waals surface area contributed by atoms with Crippen molar-refractivity contribution in [1.82, 2.24) is 14.5 Å². The molecule has 1 saturated heterocycles. The van der Waals surface area contributed by atoms with Crippen molar-refractivity contribution in [3.05, 3.63) is 70.0 Å². The molecule has 0 bridgehead atoms. The minimum atomic E-state index is -4.91. The number of aliphatic imine (C=N–C) groups is 1. The molecule has 2 aromatic rings. The summed E-state index contributed by atoms with van der Waals surface area (Å²) in [5.74, 6) is -2.77. The minimum absolute atomic E-state index is 0.00250. The van der Waals surface area contributed by atoms with Crippen LogP contribution in [0.5, 0.6) is 0 Å². The van der Waals surface area contributed by atoms with Crippen LogP contribution >= 0.6 is 0 Å². The van der Waals surface area contributed by atoms with E-state index in [1.807, 2.05) is 0 Å². The molecule has 1 N–H and O–H groups in total. The first-order valence-corrected chi connectivity index (χ1v) is 13.8. The Hall–Kier alpha value is -3.32. The maximum absolute atomic E-state index is 14.6. The third-order valence-corrected chi connectivity index (χ3v) is 8.98. The summed E-state index contributed by atoms with van der Waals surface area (Å²) in [4.78, 5) is 30.7. The summed E-state index contributed by atoms with van der Waals surface area (Å²) >= 11 is 0. The molecule has 1 spiro atoms. The molecule has 0 aromatic heterocycles. The molecule has 2 aliphatic heterocycles. The minimum Gasteiger partial charge on any atom is -0.345 e. The first-order chi connectivity index (χ1) is 18.1. The number of rotatable bonds is 6. The number of carbonyl (C=O) groups excluding carboxylic acids is 2. The number of sulfonamides is 1. The monoisotopic (exact) mass is 568 g/mol. The van der Waals surface area contributed by atoms with Crippen molar-refractivity contribution in [2.24, 2.45) is 4.99 Å². The van der Waals surface area contributed by atoms with Gasteiger partial charge in [0.05, 0.1) is 16.9 Å². The van der Waals surface area contributed by atoms with Crippen LogP contribution in [0, 0.1) is 12.7 Å². The third kappa shape index (κ3) is 5.69. The summed E-state index contributed by atoms with van der Waals surface area (Å²) < 4.78 is 81.4. The van der Waals surface area contributed by atoms with E-state index in [2.05, 4.69) is 10.3 Å². The largest absolute Gasteiger partial charge is 0.419 e. The van der Waals surface area contributed by atoms with Crippen LogP contribution in [0.4, 0.5) is 17.6 Å². The van der Waals surface area contributed by atoms with E-state index < -0.39 is 44.6 Å². The molecule has 1 fully saturated rings. The molecule has 210 valence electrons. The first-order valence-electron chi connectivity index (χ1n) is 12.2. The second-order valence-electron chi connectivity index (χ2n) is 9.92. The predicted molar refractivity (Wildman–Crippen MR) is 136 cm³/mol. The number of nitrogens with one attached hydrogen (secondary N) is 1. The summed E-state index contributed by atoms with van der Waals surface area (Å²) in [7, 11) is -0.414. The number of benzene rings is 2. The molecular weight excluding hydrogens is 540 g/mol. The molecule has 13 heteroatoms. The highest BCUT2D eigenvalue weighted by molar-refractivity contribution is 7.89. The number of hydrogen-bond acceptors (Lipinski definition) is 5. The Labute approximate surface area is 223 Å². The van der Waals surface area contributed by atoms with Gasteiger partial charge in [-0.3, -0.25) is 14.6 Å². The lowest BCUT2D eigenvalue weighted by molar-refractivity contribution is -0.140. The zero-order chi connectivity index (χ0) is 28.8. The predicted octanol–water partition coefficient (Wildman–Crippen LogP) is 3.14. The van der Waals surface area contributed by atoms with Gasteiger partial charge in [-0.05, 0) is 61.6 Å². The van der Waals surface area contributed by atoms with E-state index in [1.165, 1.54) is 9.21 Å². The standard InChI is InChI=1S/C26H28F4N4O4S/c1-16-15-18(23(35)33(2)3)8-7-17(16)9-14-39(37,38)34-12-10-25(11-13-34)24(36)31-22(32-25)19-5-4-6-20(21(19)27)26(28,29)30/h4-8,15H,9-14H2,1-3H3,(H,31,32,36). The van der Waals surface area contributed by atoms with Crippen LogP contribution in [0.2, 0.25) is 0 Å². The fraction of sp³-hybridized carbons (Fsp3) is 0.423. The maximum atomic E-state index is 14.6. The molecular formula is C26H28F4N4O4S. The summed E-state index contributed by atoms with van der Waals surface area (Å²) in [5.41, 5.74) is -1.23. The number of alkyl halides is 3. The van der Waals surface area contributed by atoms with E-state index in [9.17, 15) is 35.6 Å². The van der Waals surface area contributed by atoms with Crippen molar-refractivity contribution in [1.29, 1.82) is 0 Å². The Kier molecular flexibility index (Phi) is 7.60. The number of amides is 2. The SMILES string of the molecule is Cc1cc(C(=O)N(C)C)ccc1CCS(=O)(=O)N1CCC2(CC1)N=C(c1cccc(C(F)(F)F)c1F)NC2=O. The van der Waals surface area contributed by atoms with Crippen LogP contribution in [0.25, 0.3) is 0 Å². The summed E-state index contributed by atoms with van der Waals surface area (Å²) in [6.07, 6.45) is -4.68. The van der Waals surface area contributed by atoms with Gasteiger partial charge in [0.1, 0.15) is 17.2 Å². The van der Waals surface area contributed by atoms with E-state index in [1.54, 1.807) is 39.2 Å². The van der Waals surface area contributed by atoms with Crippen LogP contribution in [0.1, 0.15) is 45.5 Å². The van der Waals surface area contributed by atoms with Crippen molar-refractivity contribution >= 4 is 27.7 Å². The lowest BCUT2D eigenvalue weighted by Gasteiger charge is -2.34. The Bertz CT molecular complexity index is 1450. The third-order valence-electron chi connectivity index (χ3n) is 7.11. The zero-order valence-electron chi connectivity index (χ0n) is 21.6. The highest BCUT2D eigenvalue weighted by atomic mass is 32.2. The normalized spacial score (nSPS) is 17.7. The lowest BCUT2D eigenvalue weighted by atomic mass is 9.89. The van der Waals surface area contributed by atoms with E-state index >= 15 is 0 Å². The number of halogens is 4. The van der Waals surface area contributed by atoms with E-state index in [-0.39, 0.29) is 49.8 Å². The fourth-order valence-electron chi connectivity index (χ4n) is 4.79. The van der Waals surface area contributed by atoms with Crippen LogP contribution < -0.4 is 5.32 Å². The smallest absolute Gasteiger partial charge is 0.345 e. The first kappa shape index (κ1) is 28.7. The van der Waals surface area contributed by atoms with E-state index in [0.717, 1.165) is 23.3 Å². The van der Waals surface area contributed by atoms with Gasteiger partial charge in [-0.2, -0.15) is 13.2 Å². The Morgan fingerprint density at radius 2 is 1.82 bits per heavy atom. The Balaban J connectivity index is 1.44. The molecule has 0 saturated carbocycles. The van der Waals surface area contributed by atoms with Gasteiger partial charge in [0.2, 0.25) is 10.0 Å². The van der Waals surface area contributed by atoms with Gasteiger partial charge in [0.15, 0.2) is 0 Å². The lowest BCUT2D eigenvalue weighted by Crippen LogP contribution is -2.50. The van der Waals surface area contributed by atoms with Gasteiger partial charge in [0, 0.05) is 32.7 Å². The second kappa shape index (κ2) is 10.3. The number of nitrogens with zero attached hydrogens (tertiary/aromatic N) is 3. The summed E-state index contributed by atoms with van der Waals surface area (Å²) in [6, 6.07) is 7.85. The van der Waals surface area contributed by atoms with E-state index in [4.69, 9.17) is 0 Å². The number of carbonyl (C=O) groups is 2. The quantitative estimate of drug-likeness (QED) is 0.542. The van der Waals surface area contributed by atoms with Gasteiger partial charge < -0.3 is 10.2 Å². The summed E-state index contributed by atoms with van der Waals surface area (Å²) in [5, 5.41) is 2.38. The number of amidine groups is 1. The molecule has 4 rings (SSSR count). The van der Waals surface area contributed by atoms with Crippen molar-refractivity contribution in [2.75, 3.05) is 32.9 Å². The fourth-order valence-corrected chi connectivity index (χ4v) is 6.26. The average molecular weight is 569 g/mol. The molecule has 2 aromatic carbocycles. The van der Waals surface area contributed by atoms with Gasteiger partial charge in [-0.1, -0.05) is 12.1 Å². The molecule has 8 nitrogen and oxygen atoms in total. The van der Waals surface area contributed by atoms with Gasteiger partial charge in [0.25, 0.3) is 11.8 Å². The molecule has 0 atom stereocenters. The number of aryl methyl sites for hydroxylation is 2. The Morgan fingerprint density at radius 3 is 2.41 bits per heavy atom. The second-order valence-corrected chi connectivity index (χ2v) is 12.0. The maximum Gasteiger partial charge on any atom is 0.419 e. The molecule has 0 radical (unpaired) electrons. The van der Waals surface area contributed by atoms with Crippen molar-refractivity contribution in [3.8, 4) is 0 Å². The van der Waals surface area contributed by atoms with E-state index in [0.29, 0.717) is 11.6 Å². The molecule has 0 aliphatic carbocycles. The summed E-state index contributed by atoms with van der Waals surface area (Å²) in [6.45, 7) is 1.76. The highest BCUT2D eigenvalue weighted by Gasteiger charge is 2.48. The molecule has 2 aliphatic rings. The van der Waals surface area contributed by atoms with Gasteiger partial charge in [-0.25, -0.2) is 17.1 Å². The van der Waals surface area contributed by atoms with Crippen LogP contribution in [-0.4, -0.2) is 73.7 Å². The number of piperidine rings is 1. The molecule has 2 heterocycles. The van der Waals surface area contributed by atoms with Gasteiger partial charge >= 0.3 is 6.18 Å². The Morgan fingerprint density at radius 1 is 1.15 bits per heavy atom. The van der Waals surface area contributed by atoms with Crippen LogP contribution in [-0.2, 0) is 27.4 Å². The molecule has 39 heavy (non-hydrogen) atoms. The van der Waals surface area contributed by atoms with Crippen molar-refractivity contribution < 1.29 is 35.6 Å². The topological polar surface area (TPSA) is 99.2 Å². The molecule has 0 unspecified atom stereocenters. The van der Waals surface area contributed by atoms with Crippen molar-refractivity contribution in [2.45, 2.75) is 37.9 Å². The number of hydrogen-bond donors (Lipinski definition) is 1. The van der Waals surface area contributed by atoms with Gasteiger partial charge in [-0.15, -0.1) is 0 Å². The van der Waals surface area contributed by atoms with Crippen LogP contribution in [0.3, 0.4) is 0 Å². The van der Waals surface area contributed by atoms with Crippen LogP contribution in [0.15, 0.2) is 41.4 Å².